The topological polar surface area (TPSA) is 264 Å². The van der Waals surface area contributed by atoms with E-state index in [9.17, 15) is 16.8 Å². The Morgan fingerprint density at radius 2 is 0.796 bits per heavy atom. The number of hydrogen-bond donors (Lipinski definition) is 6. The Hall–Kier alpha value is -4.74. The molecule has 0 atom stereocenters. The second kappa shape index (κ2) is 19.0. The molecule has 22 heteroatoms. The molecular formula is C32H30N12Na2O6S2. The third-order valence-electron chi connectivity index (χ3n) is 6.67. The number of nitrogens with two attached hydrogens (primary N) is 2. The van der Waals surface area contributed by atoms with Crippen LogP contribution < -0.4 is 33.1 Å². The molecule has 0 spiro atoms. The van der Waals surface area contributed by atoms with Gasteiger partial charge in [-0.15, -0.1) is 8.57 Å². The minimum absolute atomic E-state index is 0. The zero-order chi connectivity index (χ0) is 36.6. The van der Waals surface area contributed by atoms with Gasteiger partial charge >= 0.3 is 79.4 Å². The first-order valence-electron chi connectivity index (χ1n) is 15.0. The normalized spacial score (nSPS) is 11.2. The molecule has 0 aliphatic rings. The number of rotatable bonds is 14. The fourth-order valence-corrected chi connectivity index (χ4v) is 6.32. The van der Waals surface area contributed by atoms with Gasteiger partial charge in [-0.3, -0.25) is 0 Å². The van der Waals surface area contributed by atoms with Gasteiger partial charge in [-0.1, -0.05) is 84.9 Å². The van der Waals surface area contributed by atoms with E-state index in [0.29, 0.717) is 11.4 Å². The van der Waals surface area contributed by atoms with Crippen LogP contribution in [0.25, 0.3) is 12.2 Å². The van der Waals surface area contributed by atoms with E-state index in [2.05, 4.69) is 51.5 Å². The Labute approximate surface area is 354 Å². The van der Waals surface area contributed by atoms with Crippen LogP contribution in [0.4, 0.5) is 47.1 Å². The molecule has 0 saturated heterocycles. The van der Waals surface area contributed by atoms with Crippen molar-refractivity contribution in [1.82, 2.24) is 29.9 Å². The van der Waals surface area contributed by atoms with Crippen LogP contribution in [0, 0.1) is 0 Å². The van der Waals surface area contributed by atoms with Crippen LogP contribution in [0.3, 0.4) is 0 Å². The Bertz CT molecular complexity index is 2280. The van der Waals surface area contributed by atoms with E-state index >= 15 is 0 Å². The first-order valence-corrected chi connectivity index (χ1v) is 17.8. The summed E-state index contributed by atoms with van der Waals surface area (Å²) in [4.78, 5) is 23.4. The molecule has 0 unspecified atom stereocenters. The third-order valence-corrected chi connectivity index (χ3v) is 9.10. The first-order chi connectivity index (χ1) is 25.0. The van der Waals surface area contributed by atoms with Gasteiger partial charge in [0.15, 0.2) is 0 Å². The molecule has 0 amide bonds. The van der Waals surface area contributed by atoms with Crippen molar-refractivity contribution >= 4 is 139 Å². The van der Waals surface area contributed by atoms with Crippen molar-refractivity contribution in [3.8, 4) is 0 Å². The van der Waals surface area contributed by atoms with Crippen molar-refractivity contribution in [2.45, 2.75) is 9.79 Å². The zero-order valence-electron chi connectivity index (χ0n) is 26.7. The Balaban J connectivity index is 0.00000325. The summed E-state index contributed by atoms with van der Waals surface area (Å²) in [7, 11) is -8.99. The number of anilines is 8. The molecule has 54 heavy (non-hydrogen) atoms. The van der Waals surface area contributed by atoms with Gasteiger partial charge < -0.3 is 22.1 Å². The van der Waals surface area contributed by atoms with Crippen LogP contribution in [-0.4, -0.2) is 106 Å². The molecule has 0 aliphatic heterocycles. The van der Waals surface area contributed by atoms with Crippen LogP contribution in [0.15, 0.2) is 119 Å². The number of aromatic nitrogens is 6. The zero-order valence-corrected chi connectivity index (χ0v) is 28.3. The van der Waals surface area contributed by atoms with Crippen molar-refractivity contribution in [2.24, 2.45) is 0 Å². The van der Waals surface area contributed by atoms with E-state index in [0.717, 1.165) is 0 Å². The van der Waals surface area contributed by atoms with Gasteiger partial charge in [0.25, 0.3) is 11.9 Å². The predicted molar refractivity (Wildman–Crippen MR) is 208 cm³/mol. The Morgan fingerprint density at radius 1 is 0.463 bits per heavy atom. The average Bonchev–Trinajstić information content (AvgIpc) is 3.13. The van der Waals surface area contributed by atoms with E-state index in [4.69, 9.17) is 20.0 Å². The second-order valence-corrected chi connectivity index (χ2v) is 13.4. The molecule has 6 aromatic rings. The van der Waals surface area contributed by atoms with E-state index in [-0.39, 0.29) is 116 Å². The minimum atomic E-state index is -4.49. The molecule has 6 rings (SSSR count). The number of nitrogen functional groups attached to an aromatic ring is 2. The van der Waals surface area contributed by atoms with Gasteiger partial charge in [-0.05, 0) is 47.5 Å². The molecule has 0 bridgehead atoms. The average molecular weight is 789 g/mol. The third kappa shape index (κ3) is 11.4. The summed E-state index contributed by atoms with van der Waals surface area (Å²) in [6, 6.07) is 29.7. The molecule has 0 radical (unpaired) electrons. The molecule has 18 nitrogen and oxygen atoms in total. The van der Waals surface area contributed by atoms with Crippen molar-refractivity contribution < 1.29 is 25.4 Å². The number of nitrogens with one attached hydrogen (secondary N) is 4. The molecule has 268 valence electrons. The summed E-state index contributed by atoms with van der Waals surface area (Å²) in [6.07, 6.45) is 2.80. The van der Waals surface area contributed by atoms with Gasteiger partial charge in [-0.25, -0.2) is 11.0 Å². The molecule has 2 heterocycles. The maximum absolute atomic E-state index is 13.3. The number of para-hydroxylation sites is 2. The van der Waals surface area contributed by atoms with E-state index < -0.39 is 20.2 Å². The fraction of sp³-hybridized carbons (Fsp3) is 0. The van der Waals surface area contributed by atoms with E-state index in [1.807, 2.05) is 12.1 Å². The molecule has 4 aromatic carbocycles. The predicted octanol–water partition coefficient (Wildman–Crippen LogP) is 3.05. The maximum atomic E-state index is 13.3. The Kier molecular flexibility index (Phi) is 14.8. The van der Waals surface area contributed by atoms with Crippen molar-refractivity contribution in [1.29, 1.82) is 0 Å². The molecular weight excluding hydrogens is 759 g/mol. The summed E-state index contributed by atoms with van der Waals surface area (Å²) in [5.41, 5.74) is 17.6. The Morgan fingerprint density at radius 3 is 1.19 bits per heavy atom. The van der Waals surface area contributed by atoms with E-state index in [1.165, 1.54) is 48.6 Å². The van der Waals surface area contributed by atoms with E-state index in [1.54, 1.807) is 60.7 Å². The summed E-state index contributed by atoms with van der Waals surface area (Å²) in [5, 5.41) is 5.86. The van der Waals surface area contributed by atoms with Gasteiger partial charge in [0.05, 0.1) is 0 Å². The summed E-state index contributed by atoms with van der Waals surface area (Å²) in [6.45, 7) is 0. The van der Waals surface area contributed by atoms with Gasteiger partial charge in [0, 0.05) is 11.4 Å². The van der Waals surface area contributed by atoms with Crippen LogP contribution >= 0.6 is 0 Å². The van der Waals surface area contributed by atoms with Gasteiger partial charge in [0.2, 0.25) is 23.8 Å². The van der Waals surface area contributed by atoms with Crippen molar-refractivity contribution in [2.75, 3.05) is 33.1 Å². The first kappa shape index (κ1) is 42.0. The van der Waals surface area contributed by atoms with Crippen molar-refractivity contribution in [3.05, 3.63) is 120 Å². The van der Waals surface area contributed by atoms with Gasteiger partial charge in [0.1, 0.15) is 9.79 Å². The van der Waals surface area contributed by atoms with Crippen LogP contribution in [0.5, 0.6) is 0 Å². The van der Waals surface area contributed by atoms with Gasteiger partial charge in [-0.2, -0.15) is 46.7 Å². The fourth-order valence-electron chi connectivity index (χ4n) is 4.43. The standard InChI is InChI=1S/C32H28N12O6S2.2Na.2H/c33-27-37-29(35-23-13-3-1-4-14-23)41-31(39-27)43-49-51(45,46)25-17-9-7-11-21(25)19-20-22-12-8-10-18-26(22)52(47,48)50-44-32-40-28(34)38-30(42-32)36-24-15-5-2-6-16-24;;;;/h1-20H,(H4,33,35,37,39,41,43)(H4,34,36,38,40,42,44);;;;. The summed E-state index contributed by atoms with van der Waals surface area (Å²) in [5.74, 6) is -0.871. The summed E-state index contributed by atoms with van der Waals surface area (Å²) < 4.78 is 63.3. The summed E-state index contributed by atoms with van der Waals surface area (Å²) >= 11 is 0. The number of nitrogens with zero attached hydrogens (tertiary/aromatic N) is 6. The van der Waals surface area contributed by atoms with Crippen LogP contribution in [0.2, 0.25) is 0 Å². The molecule has 0 fully saturated rings. The number of benzene rings is 4. The molecule has 8 N–H and O–H groups in total. The quantitative estimate of drug-likeness (QED) is 0.0526. The van der Waals surface area contributed by atoms with Crippen molar-refractivity contribution in [3.63, 3.8) is 0 Å². The SMILES string of the molecule is Nc1nc(NOS(=O)(=O)c2ccccc2C=Cc2ccccc2S(=O)(=O)ONc2nc(N)nc(Nc3ccccc3)n2)nc(Nc2ccccc2)n1.[NaH].[NaH]. The molecule has 0 aliphatic carbocycles. The number of hydrogen-bond acceptors (Lipinski definition) is 18. The van der Waals surface area contributed by atoms with Crippen LogP contribution in [0.1, 0.15) is 11.1 Å². The van der Waals surface area contributed by atoms with Crippen LogP contribution in [-0.2, 0) is 28.8 Å². The monoisotopic (exact) mass is 788 g/mol. The second-order valence-electron chi connectivity index (χ2n) is 10.4. The molecule has 0 saturated carbocycles. The molecule has 2 aromatic heterocycles.